The monoisotopic (exact) mass is 443 g/mol. The fraction of sp³-hybridized carbons (Fsp3) is 0.621. The zero-order valence-electron chi connectivity index (χ0n) is 22.1. The highest BCUT2D eigenvalue weighted by atomic mass is 16.5. The molecule has 2 rings (SSSR count). The Morgan fingerprint density at radius 2 is 1.59 bits per heavy atom. The van der Waals surface area contributed by atoms with Crippen LogP contribution in [-0.2, 0) is 16.1 Å². The van der Waals surface area contributed by atoms with Crippen LogP contribution in [0.1, 0.15) is 99.5 Å². The second-order valence-electron chi connectivity index (χ2n) is 9.07. The minimum absolute atomic E-state index is 0.130. The van der Waals surface area contributed by atoms with E-state index in [0.717, 1.165) is 12.8 Å². The lowest BCUT2D eigenvalue weighted by Crippen LogP contribution is -2.34. The lowest BCUT2D eigenvalue weighted by atomic mass is 9.91. The van der Waals surface area contributed by atoms with Crippen LogP contribution in [-0.4, -0.2) is 17.4 Å². The Hall–Kier alpha value is -1.87. The van der Waals surface area contributed by atoms with Crippen molar-refractivity contribution in [2.24, 2.45) is 11.3 Å². The summed E-state index contributed by atoms with van der Waals surface area (Å²) in [5.74, 6) is 0.380. The summed E-state index contributed by atoms with van der Waals surface area (Å²) < 4.78 is 5.96. The molecular weight excluding hydrogens is 394 g/mol. The van der Waals surface area contributed by atoms with Crippen molar-refractivity contribution < 1.29 is 9.53 Å². The van der Waals surface area contributed by atoms with E-state index >= 15 is 0 Å². The molecule has 3 heteroatoms. The number of benzene rings is 1. The average molecular weight is 444 g/mol. The molecule has 0 spiro atoms. The van der Waals surface area contributed by atoms with Crippen LogP contribution in [0.5, 0.6) is 0 Å². The Balaban J connectivity index is 0.00000144. The molecule has 0 fully saturated rings. The molecule has 1 aliphatic rings. The van der Waals surface area contributed by atoms with E-state index < -0.39 is 0 Å². The Kier molecular flexibility index (Phi) is 16.6. The van der Waals surface area contributed by atoms with Crippen LogP contribution in [0.15, 0.2) is 54.4 Å². The van der Waals surface area contributed by atoms with Crippen molar-refractivity contribution in [1.82, 2.24) is 4.90 Å². The van der Waals surface area contributed by atoms with Crippen LogP contribution in [0.4, 0.5) is 0 Å². The molecule has 32 heavy (non-hydrogen) atoms. The zero-order valence-corrected chi connectivity index (χ0v) is 22.1. The van der Waals surface area contributed by atoms with Crippen LogP contribution in [0.2, 0.25) is 0 Å². The summed E-state index contributed by atoms with van der Waals surface area (Å²) in [5, 5.41) is 0. The van der Waals surface area contributed by atoms with Gasteiger partial charge in [0.1, 0.15) is 0 Å². The number of rotatable bonds is 9. The third-order valence-corrected chi connectivity index (χ3v) is 5.11. The van der Waals surface area contributed by atoms with Gasteiger partial charge in [-0.05, 0) is 24.0 Å². The van der Waals surface area contributed by atoms with Gasteiger partial charge in [0.25, 0.3) is 0 Å². The van der Waals surface area contributed by atoms with Gasteiger partial charge in [0.05, 0.1) is 13.2 Å². The predicted octanol–water partition coefficient (Wildman–Crippen LogP) is 8.52. The molecular formula is C29H49NO2. The molecule has 1 unspecified atom stereocenters. The third-order valence-electron chi connectivity index (χ3n) is 5.11. The van der Waals surface area contributed by atoms with Crippen molar-refractivity contribution in [2.75, 3.05) is 6.61 Å². The number of ether oxygens (including phenoxy) is 1. The number of nitrogens with zero attached hydrogens (tertiary/aromatic N) is 1. The minimum Gasteiger partial charge on any atom is -0.376 e. The minimum atomic E-state index is -0.383. The molecule has 182 valence electrons. The fourth-order valence-corrected chi connectivity index (χ4v) is 3.02. The number of carbonyl (C=O) groups excluding carboxylic acids is 1. The summed E-state index contributed by atoms with van der Waals surface area (Å²) in [7, 11) is 0. The maximum Gasteiger partial charge on any atom is 0.235 e. The van der Waals surface area contributed by atoms with E-state index in [0.29, 0.717) is 13.2 Å². The van der Waals surface area contributed by atoms with E-state index in [-0.39, 0.29) is 17.2 Å². The average Bonchev–Trinajstić information content (AvgIpc) is 2.81. The highest BCUT2D eigenvalue weighted by Gasteiger charge is 2.28. The van der Waals surface area contributed by atoms with Crippen LogP contribution in [0, 0.1) is 11.3 Å². The van der Waals surface area contributed by atoms with E-state index in [1.54, 1.807) is 4.90 Å². The van der Waals surface area contributed by atoms with Gasteiger partial charge in [-0.1, -0.05) is 117 Å². The van der Waals surface area contributed by atoms with Gasteiger partial charge < -0.3 is 4.74 Å². The molecule has 1 aliphatic heterocycles. The normalized spacial score (nSPS) is 15.2. The zero-order chi connectivity index (χ0) is 24.4. The number of hydrogen-bond donors (Lipinski definition) is 0. The summed E-state index contributed by atoms with van der Waals surface area (Å²) >= 11 is 0. The van der Waals surface area contributed by atoms with E-state index in [1.807, 2.05) is 65.2 Å². The first-order valence-electron chi connectivity index (χ1n) is 12.7. The van der Waals surface area contributed by atoms with Gasteiger partial charge >= 0.3 is 0 Å². The molecule has 1 aromatic rings. The second kappa shape index (κ2) is 17.7. The molecule has 1 heterocycles. The van der Waals surface area contributed by atoms with Gasteiger partial charge in [0.2, 0.25) is 5.91 Å². The van der Waals surface area contributed by atoms with Crippen LogP contribution >= 0.6 is 0 Å². The summed E-state index contributed by atoms with van der Waals surface area (Å²) in [6.07, 6.45) is 13.3. The topological polar surface area (TPSA) is 29.5 Å². The second-order valence-corrected chi connectivity index (χ2v) is 9.07. The Morgan fingerprint density at radius 3 is 2.12 bits per heavy atom. The molecule has 0 saturated heterocycles. The highest BCUT2D eigenvalue weighted by Crippen LogP contribution is 2.28. The molecule has 0 N–H and O–H groups in total. The van der Waals surface area contributed by atoms with E-state index in [2.05, 4.69) is 39.0 Å². The van der Waals surface area contributed by atoms with Crippen molar-refractivity contribution >= 4 is 5.91 Å². The number of amides is 1. The molecule has 3 nitrogen and oxygen atoms in total. The van der Waals surface area contributed by atoms with Gasteiger partial charge in [0.15, 0.2) is 0 Å². The first-order chi connectivity index (χ1) is 15.3. The molecule has 1 atom stereocenters. The van der Waals surface area contributed by atoms with Gasteiger partial charge in [-0.25, -0.2) is 0 Å². The Bertz CT molecular complexity index is 653. The number of carbonyl (C=O) groups is 1. The van der Waals surface area contributed by atoms with Crippen molar-refractivity contribution in [2.45, 2.75) is 101 Å². The summed E-state index contributed by atoms with van der Waals surface area (Å²) in [4.78, 5) is 14.4. The maximum atomic E-state index is 12.6. The van der Waals surface area contributed by atoms with Crippen LogP contribution < -0.4 is 0 Å². The van der Waals surface area contributed by atoms with Crippen molar-refractivity contribution in [3.63, 3.8) is 0 Å². The fourth-order valence-electron chi connectivity index (χ4n) is 3.02. The summed E-state index contributed by atoms with van der Waals surface area (Å²) in [5.41, 5.74) is 2.10. The predicted molar refractivity (Wildman–Crippen MR) is 139 cm³/mol. The standard InChI is InChI=1S/C23H33NO2.C4H10.C2H6/c1-5-6-8-13-20-16-24(22(25)23(2,3)4)15-14-21(20)18-26-17-19-11-9-7-10-12-19;1-3-4-2;1-2/h7,9-12,14-16,21H,5-6,8,13,17-18H2,1-4H3;3-4H2,1-2H3;1-2H3. The summed E-state index contributed by atoms with van der Waals surface area (Å²) in [6.45, 7) is 17.7. The largest absolute Gasteiger partial charge is 0.376 e. The molecule has 1 aromatic carbocycles. The smallest absolute Gasteiger partial charge is 0.235 e. The molecule has 0 aliphatic carbocycles. The van der Waals surface area contributed by atoms with Crippen LogP contribution in [0.3, 0.4) is 0 Å². The van der Waals surface area contributed by atoms with Gasteiger partial charge in [-0.3, -0.25) is 9.69 Å². The quantitative estimate of drug-likeness (QED) is 0.358. The first-order valence-corrected chi connectivity index (χ1v) is 12.7. The maximum absolute atomic E-state index is 12.6. The van der Waals surface area contributed by atoms with Gasteiger partial charge in [-0.15, -0.1) is 0 Å². The SMILES string of the molecule is CC.CCCC.CCCCCC1=CN(C(=O)C(C)(C)C)C=CC1COCc1ccccc1. The molecule has 1 amide bonds. The Morgan fingerprint density at radius 1 is 0.969 bits per heavy atom. The number of unbranched alkanes of at least 4 members (excludes halogenated alkanes) is 3. The van der Waals surface area contributed by atoms with Gasteiger partial charge in [0, 0.05) is 23.7 Å². The molecule has 0 aromatic heterocycles. The first kappa shape index (κ1) is 30.1. The molecule has 0 radical (unpaired) electrons. The van der Waals surface area contributed by atoms with Crippen molar-refractivity contribution in [3.05, 3.63) is 59.9 Å². The van der Waals surface area contributed by atoms with Gasteiger partial charge in [-0.2, -0.15) is 0 Å². The van der Waals surface area contributed by atoms with Crippen molar-refractivity contribution in [3.8, 4) is 0 Å². The Labute approximate surface area is 198 Å². The lowest BCUT2D eigenvalue weighted by molar-refractivity contribution is -0.134. The van der Waals surface area contributed by atoms with E-state index in [1.165, 1.54) is 36.8 Å². The van der Waals surface area contributed by atoms with E-state index in [9.17, 15) is 4.79 Å². The van der Waals surface area contributed by atoms with E-state index in [4.69, 9.17) is 4.74 Å². The summed E-state index contributed by atoms with van der Waals surface area (Å²) in [6, 6.07) is 10.2. The molecule has 0 saturated carbocycles. The van der Waals surface area contributed by atoms with Crippen molar-refractivity contribution in [1.29, 1.82) is 0 Å². The highest BCUT2D eigenvalue weighted by molar-refractivity contribution is 5.83. The van der Waals surface area contributed by atoms with Crippen LogP contribution in [0.25, 0.3) is 0 Å². The number of hydrogen-bond acceptors (Lipinski definition) is 2. The lowest BCUT2D eigenvalue weighted by Gasteiger charge is -2.30. The third kappa shape index (κ3) is 12.2. The molecule has 0 bridgehead atoms.